The normalized spacial score (nSPS) is 12.5. The maximum Gasteiger partial charge on any atom is 0.241 e. The van der Waals surface area contributed by atoms with Crippen molar-refractivity contribution in [1.29, 1.82) is 0 Å². The zero-order valence-corrected chi connectivity index (χ0v) is 15.0. The van der Waals surface area contributed by atoms with Crippen molar-refractivity contribution in [3.8, 4) is 0 Å². The fraction of sp³-hybridized carbons (Fsp3) is 0.714. The predicted molar refractivity (Wildman–Crippen MR) is 89.3 cm³/mol. The summed E-state index contributed by atoms with van der Waals surface area (Å²) < 4.78 is 27.3. The van der Waals surface area contributed by atoms with Crippen LogP contribution in [0.1, 0.15) is 31.6 Å². The van der Waals surface area contributed by atoms with Gasteiger partial charge in [-0.3, -0.25) is 0 Å². The Morgan fingerprint density at radius 1 is 1.29 bits per heavy atom. The van der Waals surface area contributed by atoms with Crippen LogP contribution in [0.5, 0.6) is 0 Å². The molecule has 1 aromatic rings. The lowest BCUT2D eigenvalue weighted by atomic mass is 10.3. The van der Waals surface area contributed by atoms with E-state index in [4.69, 9.17) is 0 Å². The summed E-state index contributed by atoms with van der Waals surface area (Å²) in [5, 5.41) is 5.09. The van der Waals surface area contributed by atoms with Crippen LogP contribution in [0.2, 0.25) is 0 Å². The van der Waals surface area contributed by atoms with Gasteiger partial charge in [0.05, 0.1) is 4.90 Å². The molecular weight excluding hydrogens is 306 g/mol. The van der Waals surface area contributed by atoms with Crippen LogP contribution in [0.4, 0.5) is 0 Å². The first-order valence-corrected chi connectivity index (χ1v) is 9.63. The van der Waals surface area contributed by atoms with E-state index >= 15 is 0 Å². The van der Waals surface area contributed by atoms with Gasteiger partial charge in [-0.15, -0.1) is 11.3 Å². The first kappa shape index (κ1) is 18.6. The summed E-state index contributed by atoms with van der Waals surface area (Å²) in [4.78, 5) is 3.38. The number of thiophene rings is 1. The minimum Gasteiger partial charge on any atom is -0.310 e. The second kappa shape index (κ2) is 8.85. The molecule has 122 valence electrons. The van der Waals surface area contributed by atoms with E-state index in [0.29, 0.717) is 24.0 Å². The Bertz CT molecular complexity index is 510. The fourth-order valence-electron chi connectivity index (χ4n) is 1.83. The zero-order chi connectivity index (χ0) is 15.9. The molecule has 2 N–H and O–H groups in total. The molecule has 21 heavy (non-hydrogen) atoms. The zero-order valence-electron chi connectivity index (χ0n) is 13.3. The Morgan fingerprint density at radius 2 is 2.00 bits per heavy atom. The molecule has 0 atom stereocenters. The van der Waals surface area contributed by atoms with E-state index in [1.54, 1.807) is 6.07 Å². The highest BCUT2D eigenvalue weighted by atomic mass is 32.2. The largest absolute Gasteiger partial charge is 0.310 e. The molecule has 0 aromatic carbocycles. The molecule has 1 rings (SSSR count). The molecule has 7 heteroatoms. The number of rotatable bonds is 10. The molecule has 0 fully saturated rings. The van der Waals surface area contributed by atoms with Gasteiger partial charge in [-0.1, -0.05) is 13.8 Å². The molecule has 1 aromatic heterocycles. The summed E-state index contributed by atoms with van der Waals surface area (Å²) in [5.41, 5.74) is 0. The minimum atomic E-state index is -3.39. The van der Waals surface area contributed by atoms with Crippen LogP contribution in [0.15, 0.2) is 16.3 Å². The third-order valence-corrected chi connectivity index (χ3v) is 5.58. The first-order valence-electron chi connectivity index (χ1n) is 7.27. The second-order valence-corrected chi connectivity index (χ2v) is 8.39. The first-order chi connectivity index (χ1) is 9.83. The highest BCUT2D eigenvalue weighted by molar-refractivity contribution is 7.89. The molecule has 0 aliphatic heterocycles. The molecule has 0 saturated carbocycles. The summed E-state index contributed by atoms with van der Waals surface area (Å²) in [6, 6.07) is 2.02. The molecule has 0 aliphatic carbocycles. The van der Waals surface area contributed by atoms with E-state index < -0.39 is 10.0 Å². The molecule has 0 aliphatic rings. The molecular formula is C14H27N3O2S2. The molecule has 1 heterocycles. The van der Waals surface area contributed by atoms with Crippen molar-refractivity contribution >= 4 is 21.4 Å². The van der Waals surface area contributed by atoms with Crippen LogP contribution < -0.4 is 10.0 Å². The summed E-state index contributed by atoms with van der Waals surface area (Å²) in [6.07, 6.45) is 1.84. The second-order valence-electron chi connectivity index (χ2n) is 5.65. The SMILES string of the molecule is CC(C)NCc1sccc1S(=O)(=O)NCCCCN(C)C. The van der Waals surface area contributed by atoms with Gasteiger partial charge in [-0.25, -0.2) is 13.1 Å². The molecule has 0 unspecified atom stereocenters. The van der Waals surface area contributed by atoms with Crippen molar-refractivity contribution in [1.82, 2.24) is 14.9 Å². The van der Waals surface area contributed by atoms with Gasteiger partial charge in [-0.05, 0) is 44.9 Å². The number of nitrogens with zero attached hydrogens (tertiary/aromatic N) is 1. The van der Waals surface area contributed by atoms with Gasteiger partial charge in [-0.2, -0.15) is 0 Å². The lowest BCUT2D eigenvalue weighted by Gasteiger charge is -2.11. The van der Waals surface area contributed by atoms with Crippen molar-refractivity contribution in [2.75, 3.05) is 27.2 Å². The van der Waals surface area contributed by atoms with Crippen molar-refractivity contribution in [3.05, 3.63) is 16.3 Å². The maximum absolute atomic E-state index is 12.3. The van der Waals surface area contributed by atoms with Gasteiger partial charge in [0, 0.05) is 24.0 Å². The van der Waals surface area contributed by atoms with Crippen LogP contribution in [-0.4, -0.2) is 46.5 Å². The lowest BCUT2D eigenvalue weighted by molar-refractivity contribution is 0.394. The number of unbranched alkanes of at least 4 members (excludes halogenated alkanes) is 1. The Hall–Kier alpha value is -0.470. The quantitative estimate of drug-likeness (QED) is 0.642. The van der Waals surface area contributed by atoms with Crippen molar-refractivity contribution in [2.45, 2.75) is 44.2 Å². The van der Waals surface area contributed by atoms with E-state index in [0.717, 1.165) is 24.3 Å². The topological polar surface area (TPSA) is 61.4 Å². The van der Waals surface area contributed by atoms with Crippen LogP contribution in [0.25, 0.3) is 0 Å². The van der Waals surface area contributed by atoms with Gasteiger partial charge >= 0.3 is 0 Å². The van der Waals surface area contributed by atoms with E-state index in [2.05, 4.69) is 14.9 Å². The van der Waals surface area contributed by atoms with Gasteiger partial charge in [0.1, 0.15) is 0 Å². The number of sulfonamides is 1. The van der Waals surface area contributed by atoms with Crippen molar-refractivity contribution in [2.24, 2.45) is 0 Å². The Morgan fingerprint density at radius 3 is 2.62 bits per heavy atom. The summed E-state index contributed by atoms with van der Waals surface area (Å²) >= 11 is 1.48. The molecule has 0 bridgehead atoms. The van der Waals surface area contributed by atoms with Crippen LogP contribution in [0.3, 0.4) is 0 Å². The highest BCUT2D eigenvalue weighted by Gasteiger charge is 2.19. The number of nitrogens with one attached hydrogen (secondary N) is 2. The predicted octanol–water partition coefficient (Wildman–Crippen LogP) is 1.87. The maximum atomic E-state index is 12.3. The third kappa shape index (κ3) is 6.88. The Balaban J connectivity index is 2.52. The monoisotopic (exact) mass is 333 g/mol. The molecule has 5 nitrogen and oxygen atoms in total. The van der Waals surface area contributed by atoms with Gasteiger partial charge in [0.15, 0.2) is 0 Å². The Labute approximate surface area is 132 Å². The third-order valence-electron chi connectivity index (χ3n) is 2.99. The van der Waals surface area contributed by atoms with Crippen LogP contribution >= 0.6 is 11.3 Å². The van der Waals surface area contributed by atoms with Crippen molar-refractivity contribution < 1.29 is 8.42 Å². The highest BCUT2D eigenvalue weighted by Crippen LogP contribution is 2.21. The standard InChI is InChI=1S/C14H27N3O2S2/c1-12(2)15-11-13-14(7-10-20-13)21(18,19)16-8-5-6-9-17(3)4/h7,10,12,15-16H,5-6,8-9,11H2,1-4H3. The van der Waals surface area contributed by atoms with E-state index in [-0.39, 0.29) is 0 Å². The van der Waals surface area contributed by atoms with Gasteiger partial charge in [0.25, 0.3) is 0 Å². The van der Waals surface area contributed by atoms with E-state index in [9.17, 15) is 8.42 Å². The molecule has 0 saturated heterocycles. The molecule has 0 amide bonds. The molecule has 0 spiro atoms. The summed E-state index contributed by atoms with van der Waals surface area (Å²) in [6.45, 7) is 6.15. The average Bonchev–Trinajstić information content (AvgIpc) is 2.84. The fourth-order valence-corrected chi connectivity index (χ4v) is 4.30. The van der Waals surface area contributed by atoms with E-state index in [1.807, 2.05) is 33.3 Å². The average molecular weight is 334 g/mol. The Kier molecular flexibility index (Phi) is 7.83. The van der Waals surface area contributed by atoms with E-state index in [1.165, 1.54) is 11.3 Å². The van der Waals surface area contributed by atoms with Gasteiger partial charge in [0.2, 0.25) is 10.0 Å². The van der Waals surface area contributed by atoms with Crippen LogP contribution in [-0.2, 0) is 16.6 Å². The van der Waals surface area contributed by atoms with Crippen molar-refractivity contribution in [3.63, 3.8) is 0 Å². The lowest BCUT2D eigenvalue weighted by Crippen LogP contribution is -2.27. The smallest absolute Gasteiger partial charge is 0.241 e. The van der Waals surface area contributed by atoms with Gasteiger partial charge < -0.3 is 10.2 Å². The van der Waals surface area contributed by atoms with Crippen LogP contribution in [0, 0.1) is 0 Å². The summed E-state index contributed by atoms with van der Waals surface area (Å²) in [5.74, 6) is 0. The minimum absolute atomic E-state index is 0.335. The number of hydrogen-bond donors (Lipinski definition) is 2. The number of hydrogen-bond acceptors (Lipinski definition) is 5. The molecule has 0 radical (unpaired) electrons. The summed E-state index contributed by atoms with van der Waals surface area (Å²) in [7, 11) is 0.645.